The number of likely N-dealkylation sites (tertiary alicyclic amines) is 1. The van der Waals surface area contributed by atoms with Crippen molar-refractivity contribution in [3.63, 3.8) is 0 Å². The van der Waals surface area contributed by atoms with E-state index < -0.39 is 21.6 Å². The van der Waals surface area contributed by atoms with E-state index in [9.17, 15) is 21.6 Å². The molecule has 14 heteroatoms. The third-order valence-electron chi connectivity index (χ3n) is 7.80. The Morgan fingerprint density at radius 3 is 2.56 bits per heavy atom. The number of benzene rings is 1. The molecule has 1 aliphatic rings. The molecule has 230 valence electrons. The summed E-state index contributed by atoms with van der Waals surface area (Å²) in [4.78, 5) is 23.3. The molecular weight excluding hydrogens is 605 g/mol. The van der Waals surface area contributed by atoms with Gasteiger partial charge in [-0.25, -0.2) is 31.6 Å². The zero-order valence-corrected chi connectivity index (χ0v) is 24.9. The Labute approximate surface area is 255 Å². The first-order valence-electron chi connectivity index (χ1n) is 14.2. The Morgan fingerprint density at radius 1 is 0.933 bits per heavy atom. The molecule has 0 unspecified atom stereocenters. The summed E-state index contributed by atoms with van der Waals surface area (Å²) >= 11 is 0. The number of hydrogen-bond donors (Lipinski definition) is 2. The minimum absolute atomic E-state index is 0.0934. The van der Waals surface area contributed by atoms with Gasteiger partial charge in [0.05, 0.1) is 40.7 Å². The summed E-state index contributed by atoms with van der Waals surface area (Å²) in [5, 5.41) is 7.45. The van der Waals surface area contributed by atoms with Crippen LogP contribution in [0.1, 0.15) is 17.5 Å². The number of imidazole rings is 1. The van der Waals surface area contributed by atoms with Crippen molar-refractivity contribution in [1.82, 2.24) is 40.0 Å². The number of H-pyrrole nitrogens is 2. The van der Waals surface area contributed by atoms with E-state index in [0.29, 0.717) is 69.1 Å². The first kappa shape index (κ1) is 29.0. The molecule has 5 aromatic heterocycles. The number of hydrogen-bond acceptors (Lipinski definition) is 8. The van der Waals surface area contributed by atoms with E-state index in [0.717, 1.165) is 17.4 Å². The molecule has 0 radical (unpaired) electrons. The Bertz CT molecular complexity index is 2180. The molecule has 10 nitrogen and oxygen atoms in total. The lowest BCUT2D eigenvalue weighted by atomic mass is 10.0. The van der Waals surface area contributed by atoms with Gasteiger partial charge in [-0.3, -0.25) is 20.0 Å². The number of halogens is 3. The standard InChI is InChI=1S/C31H27F3N8O2S/c1-45(43,44)7-4-18-8-20(11-22(32)10-18)23-14-36-15-26-27(23)39-30(38-26)29-28-25(40-41-29)3-2-24(37-28)21-9-19(12-35-13-21)16-42-6-5-31(33,34)17-42/h2-3,8-15H,4-7,16-17H2,1H3,(H,38,39)(H,40,41). The maximum Gasteiger partial charge on any atom is 0.261 e. The van der Waals surface area contributed by atoms with Gasteiger partial charge in [-0.05, 0) is 53.4 Å². The molecule has 0 saturated carbocycles. The Morgan fingerprint density at radius 2 is 1.76 bits per heavy atom. The number of fused-ring (bicyclic) bond motifs is 2. The quantitative estimate of drug-likeness (QED) is 0.234. The van der Waals surface area contributed by atoms with Crippen molar-refractivity contribution in [2.45, 2.75) is 25.3 Å². The van der Waals surface area contributed by atoms with E-state index in [4.69, 9.17) is 9.97 Å². The minimum atomic E-state index is -3.22. The zero-order chi connectivity index (χ0) is 31.3. The van der Waals surface area contributed by atoms with Crippen LogP contribution in [0.15, 0.2) is 61.2 Å². The number of aryl methyl sites for hydroxylation is 1. The second-order valence-corrected chi connectivity index (χ2v) is 13.7. The van der Waals surface area contributed by atoms with E-state index in [1.54, 1.807) is 35.8 Å². The van der Waals surface area contributed by atoms with E-state index >= 15 is 0 Å². The van der Waals surface area contributed by atoms with Crippen molar-refractivity contribution in [2.75, 3.05) is 25.1 Å². The van der Waals surface area contributed by atoms with Crippen LogP contribution in [0.25, 0.3) is 56.0 Å². The SMILES string of the molecule is CS(=O)(=O)CCc1cc(F)cc(-c2cncc3[nH]c(-c4n[nH]c5ccc(-c6cncc(CN7CCC(F)(F)C7)c6)nc45)nc23)c1. The molecule has 1 fully saturated rings. The molecule has 0 amide bonds. The lowest BCUT2D eigenvalue weighted by Crippen LogP contribution is -2.24. The predicted molar refractivity (Wildman–Crippen MR) is 164 cm³/mol. The molecule has 0 spiro atoms. The number of nitrogens with zero attached hydrogens (tertiary/aromatic N) is 6. The van der Waals surface area contributed by atoms with Gasteiger partial charge >= 0.3 is 0 Å². The van der Waals surface area contributed by atoms with Crippen molar-refractivity contribution in [3.8, 4) is 33.9 Å². The van der Waals surface area contributed by atoms with Crippen molar-refractivity contribution in [1.29, 1.82) is 0 Å². The highest BCUT2D eigenvalue weighted by molar-refractivity contribution is 7.90. The molecule has 1 aliphatic heterocycles. The topological polar surface area (TPSA) is 133 Å². The van der Waals surface area contributed by atoms with Gasteiger partial charge in [-0.1, -0.05) is 6.07 Å². The fourth-order valence-electron chi connectivity index (χ4n) is 5.65. The average Bonchev–Trinajstić information content (AvgIpc) is 3.71. The average molecular weight is 633 g/mol. The molecule has 0 aliphatic carbocycles. The normalized spacial score (nSPS) is 15.4. The molecular formula is C31H27F3N8O2S. The van der Waals surface area contributed by atoms with Crippen molar-refractivity contribution in [3.05, 3.63) is 78.1 Å². The molecule has 2 N–H and O–H groups in total. The van der Waals surface area contributed by atoms with E-state index in [2.05, 4.69) is 25.1 Å². The van der Waals surface area contributed by atoms with Crippen LogP contribution in [0.2, 0.25) is 0 Å². The third kappa shape index (κ3) is 6.15. The highest BCUT2D eigenvalue weighted by Gasteiger charge is 2.38. The summed E-state index contributed by atoms with van der Waals surface area (Å²) in [5.41, 5.74) is 6.66. The third-order valence-corrected chi connectivity index (χ3v) is 8.75. The summed E-state index contributed by atoms with van der Waals surface area (Å²) < 4.78 is 65.3. The minimum Gasteiger partial charge on any atom is -0.335 e. The zero-order valence-electron chi connectivity index (χ0n) is 24.1. The van der Waals surface area contributed by atoms with Gasteiger partial charge in [0.1, 0.15) is 21.2 Å². The summed E-state index contributed by atoms with van der Waals surface area (Å²) in [6.07, 6.45) is 7.74. The van der Waals surface area contributed by atoms with Crippen LogP contribution in [-0.2, 0) is 22.8 Å². The summed E-state index contributed by atoms with van der Waals surface area (Å²) in [6, 6.07) is 10.0. The van der Waals surface area contributed by atoms with Crippen LogP contribution >= 0.6 is 0 Å². The number of rotatable bonds is 8. The predicted octanol–water partition coefficient (Wildman–Crippen LogP) is 5.19. The molecule has 6 heterocycles. The van der Waals surface area contributed by atoms with Crippen molar-refractivity contribution in [2.24, 2.45) is 0 Å². The van der Waals surface area contributed by atoms with Crippen LogP contribution < -0.4 is 0 Å². The van der Waals surface area contributed by atoms with Gasteiger partial charge in [-0.15, -0.1) is 0 Å². The largest absolute Gasteiger partial charge is 0.335 e. The Hall–Kier alpha value is -4.69. The fraction of sp³-hybridized carbons (Fsp3) is 0.258. The van der Waals surface area contributed by atoms with Gasteiger partial charge in [0.25, 0.3) is 5.92 Å². The molecule has 1 saturated heterocycles. The van der Waals surface area contributed by atoms with Gasteiger partial charge in [0.15, 0.2) is 11.5 Å². The number of nitrogens with one attached hydrogen (secondary N) is 2. The molecule has 7 rings (SSSR count). The van der Waals surface area contributed by atoms with Crippen LogP contribution in [0.3, 0.4) is 0 Å². The number of pyridine rings is 3. The van der Waals surface area contributed by atoms with Gasteiger partial charge < -0.3 is 4.98 Å². The maximum atomic E-state index is 14.6. The Kier molecular flexibility index (Phi) is 7.12. The monoisotopic (exact) mass is 632 g/mol. The molecule has 0 atom stereocenters. The van der Waals surface area contributed by atoms with Crippen LogP contribution in [0.5, 0.6) is 0 Å². The van der Waals surface area contributed by atoms with Crippen LogP contribution in [0.4, 0.5) is 13.2 Å². The molecule has 45 heavy (non-hydrogen) atoms. The highest BCUT2D eigenvalue weighted by Crippen LogP contribution is 2.33. The maximum absolute atomic E-state index is 14.6. The number of aromatic amines is 2. The number of aromatic nitrogens is 7. The van der Waals surface area contributed by atoms with Gasteiger partial charge in [0.2, 0.25) is 0 Å². The van der Waals surface area contributed by atoms with Gasteiger partial charge in [-0.2, -0.15) is 5.10 Å². The van der Waals surface area contributed by atoms with E-state index in [1.165, 1.54) is 12.1 Å². The van der Waals surface area contributed by atoms with Crippen LogP contribution in [0, 0.1) is 5.82 Å². The van der Waals surface area contributed by atoms with Gasteiger partial charge in [0, 0.05) is 55.5 Å². The first-order valence-corrected chi connectivity index (χ1v) is 16.3. The number of sulfone groups is 1. The molecule has 0 bridgehead atoms. The first-order chi connectivity index (χ1) is 21.5. The Balaban J connectivity index is 1.22. The molecule has 1 aromatic carbocycles. The van der Waals surface area contributed by atoms with Crippen molar-refractivity contribution < 1.29 is 21.6 Å². The van der Waals surface area contributed by atoms with E-state index in [-0.39, 0.29) is 25.1 Å². The lowest BCUT2D eigenvalue weighted by Gasteiger charge is -2.15. The second-order valence-electron chi connectivity index (χ2n) is 11.5. The van der Waals surface area contributed by atoms with Crippen LogP contribution in [-0.4, -0.2) is 79.5 Å². The van der Waals surface area contributed by atoms with E-state index in [1.807, 2.05) is 18.2 Å². The fourth-order valence-corrected chi connectivity index (χ4v) is 6.26. The number of alkyl halides is 2. The summed E-state index contributed by atoms with van der Waals surface area (Å²) in [5.74, 6) is -2.83. The highest BCUT2D eigenvalue weighted by atomic mass is 32.2. The molecule has 6 aromatic rings. The lowest BCUT2D eigenvalue weighted by molar-refractivity contribution is 0.0115. The summed E-state index contributed by atoms with van der Waals surface area (Å²) in [7, 11) is -3.22. The van der Waals surface area contributed by atoms with Crippen molar-refractivity contribution >= 4 is 31.9 Å². The second kappa shape index (κ2) is 11.0. The smallest absolute Gasteiger partial charge is 0.261 e. The summed E-state index contributed by atoms with van der Waals surface area (Å²) in [6.45, 7) is 0.436.